The summed E-state index contributed by atoms with van der Waals surface area (Å²) in [7, 11) is 0. The lowest BCUT2D eigenvalue weighted by molar-refractivity contribution is 0.0955. The monoisotopic (exact) mass is 283 g/mol. The lowest BCUT2D eigenvalue weighted by Crippen LogP contribution is -2.25. The largest absolute Gasteiger partial charge is 0.352 e. The fourth-order valence-corrected chi connectivity index (χ4v) is 2.27. The zero-order valence-electron chi connectivity index (χ0n) is 11.3. The SMILES string of the molecule is O=C(NCCc1cccc(F)c1)c1cccc2cn[nH]c12. The number of benzene rings is 2. The summed E-state index contributed by atoms with van der Waals surface area (Å²) >= 11 is 0. The maximum absolute atomic E-state index is 13.1. The Hall–Kier alpha value is -2.69. The highest BCUT2D eigenvalue weighted by atomic mass is 19.1. The third-order valence-electron chi connectivity index (χ3n) is 3.31. The number of H-pyrrole nitrogens is 1. The number of amides is 1. The Bertz CT molecular complexity index is 782. The van der Waals surface area contributed by atoms with Gasteiger partial charge in [-0.2, -0.15) is 5.10 Å². The minimum Gasteiger partial charge on any atom is -0.352 e. The zero-order valence-corrected chi connectivity index (χ0v) is 11.3. The van der Waals surface area contributed by atoms with Gasteiger partial charge >= 0.3 is 0 Å². The van der Waals surface area contributed by atoms with Gasteiger partial charge in [-0.15, -0.1) is 0 Å². The van der Waals surface area contributed by atoms with Gasteiger partial charge in [0.25, 0.3) is 5.91 Å². The maximum Gasteiger partial charge on any atom is 0.253 e. The molecular formula is C16H14FN3O. The molecule has 0 radical (unpaired) electrons. The van der Waals surface area contributed by atoms with Crippen LogP contribution in [-0.4, -0.2) is 22.6 Å². The second-order valence-corrected chi connectivity index (χ2v) is 4.78. The van der Waals surface area contributed by atoms with E-state index < -0.39 is 0 Å². The van der Waals surface area contributed by atoms with Gasteiger partial charge < -0.3 is 5.32 Å². The van der Waals surface area contributed by atoms with Crippen LogP contribution in [0, 0.1) is 5.82 Å². The first kappa shape index (κ1) is 13.3. The lowest BCUT2D eigenvalue weighted by Gasteiger charge is -2.06. The topological polar surface area (TPSA) is 57.8 Å². The van der Waals surface area contributed by atoms with Crippen LogP contribution in [0.1, 0.15) is 15.9 Å². The van der Waals surface area contributed by atoms with Crippen molar-refractivity contribution in [3.63, 3.8) is 0 Å². The minimum absolute atomic E-state index is 0.166. The lowest BCUT2D eigenvalue weighted by atomic mass is 10.1. The molecule has 0 aliphatic heterocycles. The van der Waals surface area contributed by atoms with Crippen molar-refractivity contribution in [3.8, 4) is 0 Å². The van der Waals surface area contributed by atoms with Crippen molar-refractivity contribution in [1.82, 2.24) is 15.5 Å². The first-order chi connectivity index (χ1) is 10.2. The van der Waals surface area contributed by atoms with Crippen molar-refractivity contribution >= 4 is 16.8 Å². The molecule has 2 N–H and O–H groups in total. The van der Waals surface area contributed by atoms with E-state index >= 15 is 0 Å². The van der Waals surface area contributed by atoms with Crippen molar-refractivity contribution in [1.29, 1.82) is 0 Å². The van der Waals surface area contributed by atoms with E-state index in [2.05, 4.69) is 15.5 Å². The Morgan fingerprint density at radius 3 is 2.95 bits per heavy atom. The molecule has 0 atom stereocenters. The van der Waals surface area contributed by atoms with Gasteiger partial charge in [-0.05, 0) is 30.2 Å². The number of aromatic nitrogens is 2. The molecule has 3 rings (SSSR count). The smallest absolute Gasteiger partial charge is 0.253 e. The van der Waals surface area contributed by atoms with E-state index in [1.807, 2.05) is 18.2 Å². The molecule has 0 fully saturated rings. The summed E-state index contributed by atoms with van der Waals surface area (Å²) in [5.41, 5.74) is 2.14. The number of aromatic amines is 1. The molecule has 3 aromatic rings. The number of para-hydroxylation sites is 1. The van der Waals surface area contributed by atoms with E-state index in [1.165, 1.54) is 12.1 Å². The molecule has 0 spiro atoms. The van der Waals surface area contributed by atoms with Crippen molar-refractivity contribution < 1.29 is 9.18 Å². The Kier molecular flexibility index (Phi) is 3.64. The van der Waals surface area contributed by atoms with Crippen LogP contribution in [0.4, 0.5) is 4.39 Å². The third kappa shape index (κ3) is 2.91. The van der Waals surface area contributed by atoms with Crippen LogP contribution in [0.5, 0.6) is 0 Å². The quantitative estimate of drug-likeness (QED) is 0.773. The van der Waals surface area contributed by atoms with Gasteiger partial charge in [-0.1, -0.05) is 24.3 Å². The predicted molar refractivity (Wildman–Crippen MR) is 78.5 cm³/mol. The van der Waals surface area contributed by atoms with Crippen LogP contribution in [0.25, 0.3) is 10.9 Å². The number of carbonyl (C=O) groups is 1. The molecule has 1 aromatic heterocycles. The fourth-order valence-electron chi connectivity index (χ4n) is 2.27. The Balaban J connectivity index is 1.65. The van der Waals surface area contributed by atoms with Crippen LogP contribution in [0.15, 0.2) is 48.7 Å². The third-order valence-corrected chi connectivity index (χ3v) is 3.31. The molecule has 1 heterocycles. The summed E-state index contributed by atoms with van der Waals surface area (Å²) in [5.74, 6) is -0.428. The first-order valence-corrected chi connectivity index (χ1v) is 6.69. The van der Waals surface area contributed by atoms with Crippen LogP contribution in [-0.2, 0) is 6.42 Å². The van der Waals surface area contributed by atoms with Crippen LogP contribution >= 0.6 is 0 Å². The number of fused-ring (bicyclic) bond motifs is 1. The molecule has 2 aromatic carbocycles. The molecule has 0 unspecified atom stereocenters. The number of carbonyl (C=O) groups excluding carboxylic acids is 1. The minimum atomic E-state index is -0.263. The average molecular weight is 283 g/mol. The highest BCUT2D eigenvalue weighted by Gasteiger charge is 2.10. The van der Waals surface area contributed by atoms with Gasteiger partial charge in [0, 0.05) is 11.9 Å². The van der Waals surface area contributed by atoms with Crippen molar-refractivity contribution in [2.75, 3.05) is 6.54 Å². The summed E-state index contributed by atoms with van der Waals surface area (Å²) in [5, 5.41) is 10.5. The molecular weight excluding hydrogens is 269 g/mol. The van der Waals surface area contributed by atoms with Crippen molar-refractivity contribution in [2.24, 2.45) is 0 Å². The second kappa shape index (κ2) is 5.75. The maximum atomic E-state index is 13.1. The number of hydrogen-bond acceptors (Lipinski definition) is 2. The molecule has 106 valence electrons. The van der Waals surface area contributed by atoms with Gasteiger partial charge in [0.05, 0.1) is 17.3 Å². The highest BCUT2D eigenvalue weighted by Crippen LogP contribution is 2.15. The molecule has 0 bridgehead atoms. The van der Waals surface area contributed by atoms with E-state index in [0.29, 0.717) is 18.5 Å². The summed E-state index contributed by atoms with van der Waals surface area (Å²) in [6.45, 7) is 0.451. The Morgan fingerprint density at radius 2 is 2.10 bits per heavy atom. The van der Waals surface area contributed by atoms with E-state index in [9.17, 15) is 9.18 Å². The van der Waals surface area contributed by atoms with Gasteiger partial charge in [0.15, 0.2) is 0 Å². The van der Waals surface area contributed by atoms with Gasteiger partial charge in [-0.25, -0.2) is 4.39 Å². The standard InChI is InChI=1S/C16H14FN3O/c17-13-5-1-3-11(9-13)7-8-18-16(21)14-6-2-4-12-10-19-20-15(12)14/h1-6,9-10H,7-8H2,(H,18,21)(H,19,20). The number of nitrogens with zero attached hydrogens (tertiary/aromatic N) is 1. The fraction of sp³-hybridized carbons (Fsp3) is 0.125. The van der Waals surface area contributed by atoms with Crippen LogP contribution in [0.2, 0.25) is 0 Å². The Labute approximate surface area is 121 Å². The van der Waals surface area contributed by atoms with E-state index in [0.717, 1.165) is 16.5 Å². The van der Waals surface area contributed by atoms with Crippen LogP contribution in [0.3, 0.4) is 0 Å². The second-order valence-electron chi connectivity index (χ2n) is 4.78. The highest BCUT2D eigenvalue weighted by molar-refractivity contribution is 6.05. The molecule has 0 aliphatic rings. The first-order valence-electron chi connectivity index (χ1n) is 6.69. The predicted octanol–water partition coefficient (Wildman–Crippen LogP) is 2.67. The Morgan fingerprint density at radius 1 is 1.24 bits per heavy atom. The summed E-state index contributed by atoms with van der Waals surface area (Å²) in [6.07, 6.45) is 2.27. The number of hydrogen-bond donors (Lipinski definition) is 2. The molecule has 5 heteroatoms. The van der Waals surface area contributed by atoms with E-state index in [-0.39, 0.29) is 11.7 Å². The number of rotatable bonds is 4. The molecule has 0 saturated heterocycles. The summed E-state index contributed by atoms with van der Waals surface area (Å²) in [4.78, 5) is 12.2. The normalized spacial score (nSPS) is 10.7. The average Bonchev–Trinajstić information content (AvgIpc) is 2.95. The zero-order chi connectivity index (χ0) is 14.7. The number of nitrogens with one attached hydrogen (secondary N) is 2. The van der Waals surface area contributed by atoms with Gasteiger partial charge in [0.2, 0.25) is 0 Å². The van der Waals surface area contributed by atoms with Crippen molar-refractivity contribution in [2.45, 2.75) is 6.42 Å². The van der Waals surface area contributed by atoms with E-state index in [1.54, 1.807) is 18.3 Å². The molecule has 1 amide bonds. The van der Waals surface area contributed by atoms with Crippen molar-refractivity contribution in [3.05, 3.63) is 65.6 Å². The molecule has 0 aliphatic carbocycles. The van der Waals surface area contributed by atoms with Gasteiger partial charge in [-0.3, -0.25) is 9.89 Å². The van der Waals surface area contributed by atoms with Crippen LogP contribution < -0.4 is 5.32 Å². The molecule has 4 nitrogen and oxygen atoms in total. The number of halogens is 1. The molecule has 0 saturated carbocycles. The van der Waals surface area contributed by atoms with Gasteiger partial charge in [0.1, 0.15) is 5.82 Å². The summed E-state index contributed by atoms with van der Waals surface area (Å²) in [6, 6.07) is 11.8. The molecule has 21 heavy (non-hydrogen) atoms. The van der Waals surface area contributed by atoms with E-state index in [4.69, 9.17) is 0 Å². The summed E-state index contributed by atoms with van der Waals surface area (Å²) < 4.78 is 13.1.